The minimum Gasteiger partial charge on any atom is -0.452 e. The molecule has 1 atom stereocenters. The van der Waals surface area contributed by atoms with Crippen LogP contribution in [-0.2, 0) is 4.74 Å². The van der Waals surface area contributed by atoms with Crippen molar-refractivity contribution in [1.29, 1.82) is 0 Å². The van der Waals surface area contributed by atoms with E-state index in [2.05, 4.69) is 10.3 Å². The molecule has 1 aromatic carbocycles. The Labute approximate surface area is 141 Å². The Kier molecular flexibility index (Phi) is 4.29. The van der Waals surface area contributed by atoms with Gasteiger partial charge in [-0.1, -0.05) is 11.2 Å². The first-order chi connectivity index (χ1) is 12.0. The number of ether oxygens (including phenoxy) is 1. The topological polar surface area (TPSA) is 113 Å². The Bertz CT molecular complexity index is 920. The molecule has 0 saturated heterocycles. The van der Waals surface area contributed by atoms with Gasteiger partial charge in [0, 0.05) is 18.5 Å². The van der Waals surface area contributed by atoms with Gasteiger partial charge in [-0.05, 0) is 30.7 Å². The lowest BCUT2D eigenvalue weighted by Gasteiger charge is -2.13. The zero-order chi connectivity index (χ0) is 18.0. The smallest absolute Gasteiger partial charge is 0.377 e. The van der Waals surface area contributed by atoms with Gasteiger partial charge in [-0.2, -0.15) is 5.10 Å². The van der Waals surface area contributed by atoms with Crippen molar-refractivity contribution in [2.24, 2.45) is 5.73 Å². The minimum absolute atomic E-state index is 0.186. The zero-order valence-corrected chi connectivity index (χ0v) is 13.0. The number of esters is 1. The maximum absolute atomic E-state index is 14.2. The van der Waals surface area contributed by atoms with Crippen molar-refractivity contribution in [1.82, 2.24) is 14.9 Å². The van der Waals surface area contributed by atoms with Crippen molar-refractivity contribution in [3.8, 4) is 5.69 Å². The van der Waals surface area contributed by atoms with E-state index in [0.29, 0.717) is 5.56 Å². The molecule has 2 N–H and O–H groups in total. The molecular formula is C16H13FN4O4. The average molecular weight is 344 g/mol. The monoisotopic (exact) mass is 344 g/mol. The third-order valence-corrected chi connectivity index (χ3v) is 3.44. The molecular weight excluding hydrogens is 331 g/mol. The number of primary amides is 1. The number of amides is 1. The van der Waals surface area contributed by atoms with Crippen LogP contribution < -0.4 is 5.73 Å². The molecule has 0 aliphatic rings. The van der Waals surface area contributed by atoms with Crippen LogP contribution in [0.5, 0.6) is 0 Å². The molecule has 128 valence electrons. The van der Waals surface area contributed by atoms with E-state index < -0.39 is 23.8 Å². The Balaban J connectivity index is 1.74. The summed E-state index contributed by atoms with van der Waals surface area (Å²) in [4.78, 5) is 22.9. The van der Waals surface area contributed by atoms with Gasteiger partial charge in [0.2, 0.25) is 5.76 Å². The summed E-state index contributed by atoms with van der Waals surface area (Å²) in [5.41, 5.74) is 5.56. The number of nitrogens with zero attached hydrogens (tertiary/aromatic N) is 3. The zero-order valence-electron chi connectivity index (χ0n) is 13.0. The summed E-state index contributed by atoms with van der Waals surface area (Å²) >= 11 is 0. The summed E-state index contributed by atoms with van der Waals surface area (Å²) in [5, 5.41) is 7.31. The van der Waals surface area contributed by atoms with Gasteiger partial charge in [0.05, 0.1) is 0 Å². The third-order valence-electron chi connectivity index (χ3n) is 3.44. The normalized spacial score (nSPS) is 11.9. The van der Waals surface area contributed by atoms with Crippen molar-refractivity contribution in [3.05, 3.63) is 65.6 Å². The number of hydrogen-bond acceptors (Lipinski definition) is 6. The second-order valence-electron chi connectivity index (χ2n) is 5.15. The van der Waals surface area contributed by atoms with E-state index in [1.165, 1.54) is 23.0 Å². The Morgan fingerprint density at radius 1 is 1.36 bits per heavy atom. The fourth-order valence-corrected chi connectivity index (χ4v) is 2.15. The molecule has 0 radical (unpaired) electrons. The van der Waals surface area contributed by atoms with Crippen LogP contribution in [0.1, 0.15) is 39.6 Å². The predicted molar refractivity (Wildman–Crippen MR) is 82.4 cm³/mol. The lowest BCUT2D eigenvalue weighted by atomic mass is 10.1. The fourth-order valence-electron chi connectivity index (χ4n) is 2.15. The van der Waals surface area contributed by atoms with Crippen LogP contribution >= 0.6 is 0 Å². The molecule has 0 unspecified atom stereocenters. The van der Waals surface area contributed by atoms with E-state index in [0.717, 1.165) is 6.07 Å². The first-order valence-corrected chi connectivity index (χ1v) is 7.22. The molecule has 8 nitrogen and oxygen atoms in total. The highest BCUT2D eigenvalue weighted by Gasteiger charge is 2.21. The van der Waals surface area contributed by atoms with Crippen LogP contribution in [0.4, 0.5) is 4.39 Å². The van der Waals surface area contributed by atoms with Crippen LogP contribution in [-0.4, -0.2) is 26.8 Å². The number of nitrogens with two attached hydrogens (primary N) is 1. The third kappa shape index (κ3) is 3.39. The van der Waals surface area contributed by atoms with Gasteiger partial charge in [-0.3, -0.25) is 4.79 Å². The van der Waals surface area contributed by atoms with Crippen molar-refractivity contribution < 1.29 is 23.2 Å². The summed E-state index contributed by atoms with van der Waals surface area (Å²) in [7, 11) is 0. The van der Waals surface area contributed by atoms with E-state index in [-0.39, 0.29) is 17.1 Å². The van der Waals surface area contributed by atoms with Gasteiger partial charge < -0.3 is 15.0 Å². The largest absolute Gasteiger partial charge is 0.452 e. The molecule has 0 fully saturated rings. The molecule has 25 heavy (non-hydrogen) atoms. The molecule has 3 rings (SSSR count). The number of aromatic nitrogens is 3. The van der Waals surface area contributed by atoms with Gasteiger partial charge in [0.25, 0.3) is 5.91 Å². The maximum Gasteiger partial charge on any atom is 0.377 e. The summed E-state index contributed by atoms with van der Waals surface area (Å²) in [6, 6.07) is 7.16. The van der Waals surface area contributed by atoms with Gasteiger partial charge in [0.15, 0.2) is 5.69 Å². The summed E-state index contributed by atoms with van der Waals surface area (Å²) in [5.74, 6) is -2.45. The van der Waals surface area contributed by atoms with E-state index in [9.17, 15) is 14.0 Å². The van der Waals surface area contributed by atoms with Gasteiger partial charge in [-0.15, -0.1) is 0 Å². The Morgan fingerprint density at radius 2 is 2.16 bits per heavy atom. The second-order valence-corrected chi connectivity index (χ2v) is 5.15. The number of hydrogen-bond donors (Lipinski definition) is 1. The van der Waals surface area contributed by atoms with Crippen LogP contribution in [0.3, 0.4) is 0 Å². The highest BCUT2D eigenvalue weighted by Crippen LogP contribution is 2.23. The van der Waals surface area contributed by atoms with Gasteiger partial charge in [0.1, 0.15) is 17.6 Å². The predicted octanol–water partition coefficient (Wildman–Crippen LogP) is 2.02. The number of benzene rings is 1. The molecule has 0 saturated carbocycles. The quantitative estimate of drug-likeness (QED) is 0.708. The first kappa shape index (κ1) is 16.4. The van der Waals surface area contributed by atoms with E-state index in [4.69, 9.17) is 15.0 Å². The lowest BCUT2D eigenvalue weighted by molar-refractivity contribution is 0.0290. The van der Waals surface area contributed by atoms with Gasteiger partial charge >= 0.3 is 5.97 Å². The fraction of sp³-hybridized carbons (Fsp3) is 0.125. The molecule has 0 bridgehead atoms. The van der Waals surface area contributed by atoms with Crippen molar-refractivity contribution in [2.45, 2.75) is 13.0 Å². The van der Waals surface area contributed by atoms with Gasteiger partial charge in [-0.25, -0.2) is 13.9 Å². The van der Waals surface area contributed by atoms with Crippen LogP contribution in [0.15, 0.2) is 47.2 Å². The highest BCUT2D eigenvalue weighted by atomic mass is 19.1. The molecule has 1 amide bonds. The average Bonchev–Trinajstić information content (AvgIpc) is 3.26. The molecule has 9 heteroatoms. The molecule has 0 aliphatic heterocycles. The van der Waals surface area contributed by atoms with Crippen molar-refractivity contribution >= 4 is 11.9 Å². The standard InChI is InChI=1S/C16H13FN4O4/c1-9(24-16(23)14-8-12(15(18)22)20-25-14)10-3-4-13(11(17)7-10)21-6-2-5-19-21/h2-9H,1H3,(H2,18,22)/t9-/m0/s1. The van der Waals surface area contributed by atoms with Crippen molar-refractivity contribution in [2.75, 3.05) is 0 Å². The maximum atomic E-state index is 14.2. The van der Waals surface area contributed by atoms with Crippen LogP contribution in [0, 0.1) is 5.82 Å². The Morgan fingerprint density at radius 3 is 2.76 bits per heavy atom. The summed E-state index contributed by atoms with van der Waals surface area (Å²) in [6.45, 7) is 1.58. The van der Waals surface area contributed by atoms with Crippen LogP contribution in [0.2, 0.25) is 0 Å². The second kappa shape index (κ2) is 6.56. The highest BCUT2D eigenvalue weighted by molar-refractivity contribution is 5.94. The molecule has 2 heterocycles. The minimum atomic E-state index is -0.843. The number of carbonyl (C=O) groups is 2. The van der Waals surface area contributed by atoms with E-state index in [1.54, 1.807) is 25.3 Å². The number of rotatable bonds is 5. The Hall–Kier alpha value is -3.49. The summed E-state index contributed by atoms with van der Waals surface area (Å²) in [6.07, 6.45) is 2.40. The molecule has 0 spiro atoms. The SMILES string of the molecule is C[C@H](OC(=O)c1cc(C(N)=O)no1)c1ccc(-n2cccn2)c(F)c1. The van der Waals surface area contributed by atoms with Crippen molar-refractivity contribution in [3.63, 3.8) is 0 Å². The van der Waals surface area contributed by atoms with E-state index in [1.807, 2.05) is 0 Å². The van der Waals surface area contributed by atoms with E-state index >= 15 is 0 Å². The molecule has 3 aromatic rings. The molecule has 2 aromatic heterocycles. The first-order valence-electron chi connectivity index (χ1n) is 7.22. The number of carbonyl (C=O) groups excluding carboxylic acids is 2. The summed E-state index contributed by atoms with van der Waals surface area (Å²) < 4.78 is 25.5. The van der Waals surface area contributed by atoms with Crippen LogP contribution in [0.25, 0.3) is 5.69 Å². The number of halogens is 1. The molecule has 0 aliphatic carbocycles. The lowest BCUT2D eigenvalue weighted by Crippen LogP contribution is -2.11.